The Balaban J connectivity index is 1.39. The fourth-order valence-corrected chi connectivity index (χ4v) is 5.12. The molecule has 4 N–H and O–H groups in total. The lowest BCUT2D eigenvalue weighted by Gasteiger charge is -2.31. The van der Waals surface area contributed by atoms with Gasteiger partial charge in [-0.1, -0.05) is 0 Å². The number of primary amides is 1. The largest absolute Gasteiger partial charge is 0.494 e. The molecule has 0 saturated heterocycles. The number of aliphatic hydroxyl groups is 1. The molecule has 43 heavy (non-hydrogen) atoms. The van der Waals surface area contributed by atoms with Gasteiger partial charge in [-0.25, -0.2) is 4.98 Å². The molecule has 2 atom stereocenters. The van der Waals surface area contributed by atoms with Crippen LogP contribution < -0.4 is 20.5 Å². The molecule has 1 saturated carbocycles. The van der Waals surface area contributed by atoms with Gasteiger partial charge in [-0.2, -0.15) is 23.4 Å². The zero-order valence-electron chi connectivity index (χ0n) is 23.4. The van der Waals surface area contributed by atoms with Gasteiger partial charge in [-0.3, -0.25) is 19.0 Å². The van der Waals surface area contributed by atoms with Gasteiger partial charge in [0.05, 0.1) is 31.6 Å². The number of halogens is 3. The summed E-state index contributed by atoms with van der Waals surface area (Å²) in [7, 11) is 3.00. The summed E-state index contributed by atoms with van der Waals surface area (Å²) < 4.78 is 58.3. The molecule has 0 spiro atoms. The number of ether oxygens (including phenoxy) is 2. The topological polar surface area (TPSA) is 159 Å². The number of methoxy groups -OCH3 is 1. The molecule has 1 aromatic carbocycles. The number of alkyl halides is 3. The monoisotopic (exact) mass is 599 g/mol. The van der Waals surface area contributed by atoms with Crippen molar-refractivity contribution < 1.29 is 37.3 Å². The number of aryl methyl sites for hydroxylation is 1. The Morgan fingerprint density at radius 1 is 1.26 bits per heavy atom. The van der Waals surface area contributed by atoms with Gasteiger partial charge in [0.15, 0.2) is 0 Å². The molecule has 1 aliphatic carbocycles. The van der Waals surface area contributed by atoms with Gasteiger partial charge < -0.3 is 25.6 Å². The van der Waals surface area contributed by atoms with Crippen LogP contribution >= 0.6 is 0 Å². The Hall–Kier alpha value is -4.66. The van der Waals surface area contributed by atoms with E-state index in [0.717, 1.165) is 18.9 Å². The molecule has 226 valence electrons. The number of aromatic nitrogens is 5. The van der Waals surface area contributed by atoms with Crippen molar-refractivity contribution in [3.63, 3.8) is 0 Å². The molecule has 0 radical (unpaired) electrons. The second-order valence-electron chi connectivity index (χ2n) is 11.1. The van der Waals surface area contributed by atoms with Crippen LogP contribution in [0.4, 0.5) is 13.2 Å². The highest BCUT2D eigenvalue weighted by Crippen LogP contribution is 2.47. The molecule has 1 unspecified atom stereocenters. The smallest absolute Gasteiger partial charge is 0.424 e. The number of hydrogen-bond acceptors (Lipinski definition) is 8. The molecule has 1 fully saturated rings. The van der Waals surface area contributed by atoms with Crippen molar-refractivity contribution in [1.82, 2.24) is 29.9 Å². The summed E-state index contributed by atoms with van der Waals surface area (Å²) in [6.07, 6.45) is 1.26. The highest BCUT2D eigenvalue weighted by Gasteiger charge is 2.57. The molecule has 15 heteroatoms. The lowest BCUT2D eigenvalue weighted by atomic mass is 9.82. The van der Waals surface area contributed by atoms with E-state index in [9.17, 15) is 27.9 Å². The van der Waals surface area contributed by atoms with Gasteiger partial charge in [0.2, 0.25) is 11.5 Å². The fourth-order valence-electron chi connectivity index (χ4n) is 5.12. The number of nitrogens with one attached hydrogen (secondary N) is 1. The van der Waals surface area contributed by atoms with E-state index < -0.39 is 41.2 Å². The maximum atomic E-state index is 14.7. The molecule has 2 aliphatic rings. The van der Waals surface area contributed by atoms with Gasteiger partial charge in [0, 0.05) is 41.5 Å². The lowest BCUT2D eigenvalue weighted by molar-refractivity contribution is -0.265. The number of amides is 2. The predicted octanol–water partition coefficient (Wildman–Crippen LogP) is 2.49. The minimum atomic E-state index is -5.30. The number of nitrogens with two attached hydrogens (primary N) is 1. The molecule has 12 nitrogen and oxygen atoms in total. The quantitative estimate of drug-likeness (QED) is 0.279. The average molecular weight is 600 g/mol. The maximum Gasteiger partial charge on any atom is 0.424 e. The molecule has 0 bridgehead atoms. The van der Waals surface area contributed by atoms with Crippen LogP contribution in [0.5, 0.6) is 11.5 Å². The Kier molecular flexibility index (Phi) is 6.41. The molecule has 2 amide bonds. The van der Waals surface area contributed by atoms with E-state index in [1.54, 1.807) is 17.9 Å². The highest BCUT2D eigenvalue weighted by atomic mass is 19.4. The number of benzene rings is 1. The molecular weight excluding hydrogens is 571 g/mol. The number of nitrogens with zero attached hydrogens (tertiary/aromatic N) is 5. The van der Waals surface area contributed by atoms with Crippen LogP contribution in [0.25, 0.3) is 22.2 Å². The van der Waals surface area contributed by atoms with Crippen LogP contribution in [-0.4, -0.2) is 67.9 Å². The third-order valence-electron chi connectivity index (χ3n) is 7.99. The summed E-state index contributed by atoms with van der Waals surface area (Å²) in [5.74, 6) is -1.39. The lowest BCUT2D eigenvalue weighted by Crippen LogP contribution is -2.51. The summed E-state index contributed by atoms with van der Waals surface area (Å²) in [4.78, 5) is 29.8. The molecule has 6 rings (SSSR count). The van der Waals surface area contributed by atoms with Crippen molar-refractivity contribution in [1.29, 1.82) is 0 Å². The van der Waals surface area contributed by atoms with Crippen LogP contribution in [0.3, 0.4) is 0 Å². The number of pyridine rings is 1. The van der Waals surface area contributed by atoms with Crippen LogP contribution in [0.15, 0.2) is 36.8 Å². The van der Waals surface area contributed by atoms with E-state index in [1.165, 1.54) is 43.2 Å². The van der Waals surface area contributed by atoms with Crippen molar-refractivity contribution >= 4 is 22.7 Å². The fraction of sp³-hybridized carbons (Fsp3) is 0.393. The first-order valence-corrected chi connectivity index (χ1v) is 13.4. The number of hydrogen-bond donors (Lipinski definition) is 3. The van der Waals surface area contributed by atoms with Crippen molar-refractivity contribution in [3.05, 3.63) is 53.6 Å². The summed E-state index contributed by atoms with van der Waals surface area (Å²) in [5.41, 5.74) is 0.373. The first kappa shape index (κ1) is 28.5. The Morgan fingerprint density at radius 2 is 2.00 bits per heavy atom. The molecule has 1 aliphatic heterocycles. The van der Waals surface area contributed by atoms with Crippen LogP contribution in [0.2, 0.25) is 0 Å². The summed E-state index contributed by atoms with van der Waals surface area (Å²) >= 11 is 0. The van der Waals surface area contributed by atoms with Gasteiger partial charge in [0.25, 0.3) is 5.91 Å². The minimum Gasteiger partial charge on any atom is -0.494 e. The molecule has 3 aromatic heterocycles. The second-order valence-corrected chi connectivity index (χ2v) is 11.1. The molecule has 4 aromatic rings. The van der Waals surface area contributed by atoms with E-state index >= 15 is 0 Å². The Labute approximate surface area is 242 Å². The zero-order chi connectivity index (χ0) is 30.9. The van der Waals surface area contributed by atoms with Gasteiger partial charge in [0.1, 0.15) is 34.7 Å². The minimum absolute atomic E-state index is 0.0110. The van der Waals surface area contributed by atoms with Gasteiger partial charge >= 0.3 is 6.18 Å². The summed E-state index contributed by atoms with van der Waals surface area (Å²) in [5, 5.41) is 22.6. The van der Waals surface area contributed by atoms with Crippen LogP contribution in [-0.2, 0) is 22.9 Å². The maximum absolute atomic E-state index is 14.7. The molecular formula is C28H28F3N7O5. The third-order valence-corrected chi connectivity index (χ3v) is 7.99. The predicted molar refractivity (Wildman–Crippen MR) is 145 cm³/mol. The van der Waals surface area contributed by atoms with E-state index in [-0.39, 0.29) is 46.5 Å². The third kappa shape index (κ3) is 4.63. The SMILES string of the molecule is COc1cc(C(=O)NCC(O)(c2cc3c(c(-c4cnn(C)c4)n2)OC[C@]3(C)C(N)=O)C(F)(F)F)cc2cn(C3CC3)nc12. The van der Waals surface area contributed by atoms with E-state index in [1.807, 2.05) is 0 Å². The Morgan fingerprint density at radius 3 is 2.60 bits per heavy atom. The van der Waals surface area contributed by atoms with Crippen molar-refractivity contribution in [2.24, 2.45) is 12.8 Å². The van der Waals surface area contributed by atoms with Crippen molar-refractivity contribution in [2.75, 3.05) is 20.3 Å². The average Bonchev–Trinajstić information content (AvgIpc) is 3.41. The number of carbonyl (C=O) groups is 2. The van der Waals surface area contributed by atoms with Gasteiger partial charge in [-0.05, 0) is 38.0 Å². The second kappa shape index (κ2) is 9.69. The van der Waals surface area contributed by atoms with Crippen molar-refractivity contribution in [2.45, 2.75) is 43.0 Å². The van der Waals surface area contributed by atoms with Crippen LogP contribution in [0.1, 0.15) is 47.4 Å². The zero-order valence-corrected chi connectivity index (χ0v) is 23.4. The molecule has 4 heterocycles. The van der Waals surface area contributed by atoms with Crippen molar-refractivity contribution in [3.8, 4) is 22.8 Å². The highest BCUT2D eigenvalue weighted by molar-refractivity contribution is 6.00. The Bertz CT molecular complexity index is 1780. The summed E-state index contributed by atoms with van der Waals surface area (Å²) in [6, 6.07) is 4.08. The number of carbonyl (C=O) groups excluding carboxylic acids is 2. The van der Waals surface area contributed by atoms with E-state index in [2.05, 4.69) is 20.5 Å². The van der Waals surface area contributed by atoms with E-state index in [0.29, 0.717) is 10.9 Å². The number of rotatable bonds is 8. The standard InChI is InChI=1S/C28H28F3N7O5/c1-26(25(32)40)13-43-23-18(26)8-20(35-22(23)16-9-34-37(2)10-16)27(41,28(29,30)31)12-33-24(39)14-6-15-11-38(17-4-5-17)36-21(15)19(7-14)42-3/h6-11,17,41H,4-5,12-13H2,1-3H3,(H2,32,40)(H,33,39)/t26-,27?/m0/s1. The normalized spacial score (nSPS) is 19.5. The first-order chi connectivity index (χ1) is 20.2. The number of fused-ring (bicyclic) bond motifs is 2. The van der Waals surface area contributed by atoms with E-state index in [4.69, 9.17) is 15.2 Å². The van der Waals surface area contributed by atoms with Gasteiger partial charge in [-0.15, -0.1) is 0 Å². The summed E-state index contributed by atoms with van der Waals surface area (Å²) in [6.45, 7) is -0.0937. The van der Waals surface area contributed by atoms with Crippen LogP contribution in [0, 0.1) is 0 Å². The first-order valence-electron chi connectivity index (χ1n) is 13.4.